The summed E-state index contributed by atoms with van der Waals surface area (Å²) in [6.45, 7) is 6.08. The number of carbonyl (C=O) groups is 1. The number of carbonyl (C=O) groups excluding carboxylic acids is 1. The van der Waals surface area contributed by atoms with Gasteiger partial charge in [0.05, 0.1) is 5.92 Å². The van der Waals surface area contributed by atoms with Gasteiger partial charge in [0.25, 0.3) is 0 Å². The number of piperazine rings is 1. The fourth-order valence-electron chi connectivity index (χ4n) is 2.84. The first kappa shape index (κ1) is 11.9. The molecule has 2 saturated heterocycles. The molecule has 1 atom stereocenters. The molecule has 4 heteroatoms. The van der Waals surface area contributed by atoms with E-state index in [1.807, 2.05) is 23.1 Å². The predicted octanol–water partition coefficient (Wildman–Crippen LogP) is 0.235. The van der Waals surface area contributed by atoms with Gasteiger partial charge in [-0.25, -0.2) is 0 Å². The van der Waals surface area contributed by atoms with Crippen LogP contribution in [0.4, 0.5) is 0 Å². The normalized spacial score (nSPS) is 29.3. The van der Waals surface area contributed by atoms with Crippen LogP contribution in [-0.4, -0.2) is 61.0 Å². The van der Waals surface area contributed by atoms with Gasteiger partial charge in [0, 0.05) is 45.3 Å². The highest BCUT2D eigenvalue weighted by atomic mass is 16.2. The molecule has 1 N–H and O–H groups in total. The maximum absolute atomic E-state index is 12.3. The van der Waals surface area contributed by atoms with Gasteiger partial charge in [-0.2, -0.15) is 0 Å². The number of nitrogens with zero attached hydrogens (tertiary/aromatic N) is 2. The molecule has 4 nitrogen and oxygen atoms in total. The summed E-state index contributed by atoms with van der Waals surface area (Å²) in [5.41, 5.74) is 0. The lowest BCUT2D eigenvalue weighted by Crippen LogP contribution is -2.62. The summed E-state index contributed by atoms with van der Waals surface area (Å²) in [5, 5.41) is 3.31. The molecule has 1 unspecified atom stereocenters. The number of hydrogen-bond donors (Lipinski definition) is 1. The van der Waals surface area contributed by atoms with Crippen LogP contribution in [0, 0.1) is 5.92 Å². The monoisotopic (exact) mass is 247 g/mol. The van der Waals surface area contributed by atoms with Crippen LogP contribution in [0.25, 0.3) is 0 Å². The second-order valence-electron chi connectivity index (χ2n) is 5.33. The summed E-state index contributed by atoms with van der Waals surface area (Å²) in [5.74, 6) is 0.383. The van der Waals surface area contributed by atoms with E-state index in [0.717, 1.165) is 45.7 Å². The maximum atomic E-state index is 12.3. The zero-order valence-corrected chi connectivity index (χ0v) is 10.7. The van der Waals surface area contributed by atoms with Crippen LogP contribution in [0.15, 0.2) is 24.3 Å². The minimum absolute atomic E-state index is 0.0759. The minimum atomic E-state index is 0.0759. The van der Waals surface area contributed by atoms with Gasteiger partial charge < -0.3 is 10.2 Å². The highest BCUT2D eigenvalue weighted by Gasteiger charge is 2.30. The minimum Gasteiger partial charge on any atom is -0.340 e. The molecule has 18 heavy (non-hydrogen) atoms. The van der Waals surface area contributed by atoms with E-state index in [1.165, 1.54) is 0 Å². The van der Waals surface area contributed by atoms with Gasteiger partial charge >= 0.3 is 0 Å². The Kier molecular flexibility index (Phi) is 3.48. The highest BCUT2D eigenvalue weighted by Crippen LogP contribution is 2.17. The third-order valence-electron chi connectivity index (χ3n) is 4.20. The van der Waals surface area contributed by atoms with Crippen LogP contribution in [0.2, 0.25) is 0 Å². The van der Waals surface area contributed by atoms with Crippen molar-refractivity contribution in [1.82, 2.24) is 15.1 Å². The smallest absolute Gasteiger partial charge is 0.229 e. The summed E-state index contributed by atoms with van der Waals surface area (Å²) in [4.78, 5) is 16.9. The lowest BCUT2D eigenvalue weighted by atomic mass is 9.99. The summed E-state index contributed by atoms with van der Waals surface area (Å²) >= 11 is 0. The van der Waals surface area contributed by atoms with E-state index in [0.29, 0.717) is 11.9 Å². The van der Waals surface area contributed by atoms with E-state index in [-0.39, 0.29) is 5.92 Å². The number of rotatable bonds is 2. The Hall–Kier alpha value is -1.13. The van der Waals surface area contributed by atoms with Gasteiger partial charge in [-0.3, -0.25) is 9.69 Å². The third kappa shape index (κ3) is 2.35. The standard InChI is InChI=1S/C14H21N3O/c18-14(12-4-2-1-3-5-12)17-8-6-16(7-9-17)13-10-15-11-13/h1-4,12-13,15H,5-11H2. The Bertz CT molecular complexity index is 365. The van der Waals surface area contributed by atoms with Crippen molar-refractivity contribution in [2.24, 2.45) is 5.92 Å². The van der Waals surface area contributed by atoms with E-state index >= 15 is 0 Å². The summed E-state index contributed by atoms with van der Waals surface area (Å²) in [6, 6.07) is 0.708. The van der Waals surface area contributed by atoms with Crippen molar-refractivity contribution < 1.29 is 4.79 Å². The van der Waals surface area contributed by atoms with Gasteiger partial charge in [-0.05, 0) is 6.42 Å². The number of amides is 1. The number of nitrogens with one attached hydrogen (secondary N) is 1. The molecule has 98 valence electrons. The van der Waals surface area contributed by atoms with Crippen molar-refractivity contribution in [3.63, 3.8) is 0 Å². The second kappa shape index (κ2) is 5.24. The topological polar surface area (TPSA) is 35.6 Å². The number of allylic oxidation sites excluding steroid dienone is 3. The first-order valence-electron chi connectivity index (χ1n) is 6.91. The van der Waals surface area contributed by atoms with E-state index in [2.05, 4.69) is 16.3 Å². The average molecular weight is 247 g/mol. The summed E-state index contributed by atoms with van der Waals surface area (Å²) in [7, 11) is 0. The van der Waals surface area contributed by atoms with Crippen molar-refractivity contribution in [3.05, 3.63) is 24.3 Å². The van der Waals surface area contributed by atoms with E-state index < -0.39 is 0 Å². The first-order valence-corrected chi connectivity index (χ1v) is 6.91. The van der Waals surface area contributed by atoms with Gasteiger partial charge in [-0.1, -0.05) is 24.3 Å². The molecule has 1 amide bonds. The molecule has 3 rings (SSSR count). The molecule has 0 radical (unpaired) electrons. The van der Waals surface area contributed by atoms with Crippen molar-refractivity contribution in [3.8, 4) is 0 Å². The van der Waals surface area contributed by atoms with Crippen molar-refractivity contribution in [2.45, 2.75) is 12.5 Å². The summed E-state index contributed by atoms with van der Waals surface area (Å²) in [6.07, 6.45) is 8.99. The molecule has 2 aliphatic heterocycles. The quantitative estimate of drug-likeness (QED) is 0.759. The lowest BCUT2D eigenvalue weighted by Gasteiger charge is -2.43. The van der Waals surface area contributed by atoms with Crippen molar-refractivity contribution >= 4 is 5.91 Å². The molecule has 0 aromatic carbocycles. The number of hydrogen-bond acceptors (Lipinski definition) is 3. The van der Waals surface area contributed by atoms with Crippen molar-refractivity contribution in [1.29, 1.82) is 0 Å². The van der Waals surface area contributed by atoms with Gasteiger partial charge in [-0.15, -0.1) is 0 Å². The van der Waals surface area contributed by atoms with Crippen LogP contribution in [0.5, 0.6) is 0 Å². The maximum Gasteiger partial charge on any atom is 0.229 e. The Morgan fingerprint density at radius 3 is 2.44 bits per heavy atom. The molecule has 3 aliphatic rings. The van der Waals surface area contributed by atoms with Crippen LogP contribution >= 0.6 is 0 Å². The van der Waals surface area contributed by atoms with Crippen LogP contribution in [0.1, 0.15) is 6.42 Å². The molecule has 2 fully saturated rings. The van der Waals surface area contributed by atoms with Crippen molar-refractivity contribution in [2.75, 3.05) is 39.3 Å². The highest BCUT2D eigenvalue weighted by molar-refractivity contribution is 5.81. The molecule has 2 heterocycles. The van der Waals surface area contributed by atoms with Gasteiger partial charge in [0.1, 0.15) is 0 Å². The van der Waals surface area contributed by atoms with Crippen LogP contribution < -0.4 is 5.32 Å². The van der Waals surface area contributed by atoms with Gasteiger partial charge in [0.15, 0.2) is 0 Å². The van der Waals surface area contributed by atoms with E-state index in [1.54, 1.807) is 0 Å². The van der Waals surface area contributed by atoms with E-state index in [4.69, 9.17) is 0 Å². The Morgan fingerprint density at radius 1 is 1.11 bits per heavy atom. The largest absolute Gasteiger partial charge is 0.340 e. The molecule has 0 aromatic heterocycles. The predicted molar refractivity (Wildman–Crippen MR) is 71.2 cm³/mol. The molecule has 0 aromatic rings. The molecule has 0 bridgehead atoms. The van der Waals surface area contributed by atoms with Crippen LogP contribution in [-0.2, 0) is 4.79 Å². The SMILES string of the molecule is O=C(C1C=CC=CC1)N1CCN(C2CNC2)CC1. The zero-order valence-electron chi connectivity index (χ0n) is 10.7. The summed E-state index contributed by atoms with van der Waals surface area (Å²) < 4.78 is 0. The Morgan fingerprint density at radius 2 is 1.89 bits per heavy atom. The Labute approximate surface area is 108 Å². The molecule has 0 spiro atoms. The fourth-order valence-corrected chi connectivity index (χ4v) is 2.84. The van der Waals surface area contributed by atoms with Gasteiger partial charge in [0.2, 0.25) is 5.91 Å². The lowest BCUT2D eigenvalue weighted by molar-refractivity contribution is -0.136. The first-order chi connectivity index (χ1) is 8.84. The second-order valence-corrected chi connectivity index (χ2v) is 5.33. The average Bonchev–Trinajstić information content (AvgIpc) is 2.38. The van der Waals surface area contributed by atoms with Crippen LogP contribution in [0.3, 0.4) is 0 Å². The molecule has 1 aliphatic carbocycles. The third-order valence-corrected chi connectivity index (χ3v) is 4.20. The molecular weight excluding hydrogens is 226 g/mol. The van der Waals surface area contributed by atoms with E-state index in [9.17, 15) is 4.79 Å². The molecule has 0 saturated carbocycles. The zero-order chi connectivity index (χ0) is 12.4. The fraction of sp³-hybridized carbons (Fsp3) is 0.643. The Balaban J connectivity index is 1.51. The molecular formula is C14H21N3O.